The standard InChI is InChI=1S/C17H21N5O3/c18-14-12-7-17(25-15(12)21-16(19)20-14)9-22(5-6-24-10-17)8-11-3-1-2-4-13(11)23/h1-4,23H,5-10H2,(H4,18,19,20,21). The Hall–Kier alpha value is -2.58. The molecular weight excluding hydrogens is 322 g/mol. The molecule has 1 unspecified atom stereocenters. The molecule has 132 valence electrons. The molecular formula is C17H21N5O3. The van der Waals surface area contributed by atoms with Crippen LogP contribution in [0.2, 0.25) is 0 Å². The molecule has 25 heavy (non-hydrogen) atoms. The summed E-state index contributed by atoms with van der Waals surface area (Å²) < 4.78 is 11.9. The van der Waals surface area contributed by atoms with Crippen molar-refractivity contribution >= 4 is 11.8 Å². The summed E-state index contributed by atoms with van der Waals surface area (Å²) in [5.41, 5.74) is 12.7. The molecule has 1 saturated heterocycles. The van der Waals surface area contributed by atoms with Crippen LogP contribution in [0.4, 0.5) is 11.8 Å². The van der Waals surface area contributed by atoms with Gasteiger partial charge in [0.25, 0.3) is 0 Å². The molecule has 1 atom stereocenters. The van der Waals surface area contributed by atoms with E-state index in [1.54, 1.807) is 6.07 Å². The summed E-state index contributed by atoms with van der Waals surface area (Å²) in [6, 6.07) is 7.34. The first-order valence-corrected chi connectivity index (χ1v) is 8.22. The molecule has 0 amide bonds. The maximum atomic E-state index is 10.0. The fraction of sp³-hybridized carbons (Fsp3) is 0.412. The number of benzene rings is 1. The first-order valence-electron chi connectivity index (χ1n) is 8.22. The zero-order chi connectivity index (χ0) is 17.4. The Balaban J connectivity index is 1.57. The van der Waals surface area contributed by atoms with Crippen molar-refractivity contribution in [3.63, 3.8) is 0 Å². The minimum Gasteiger partial charge on any atom is -0.508 e. The molecule has 0 saturated carbocycles. The van der Waals surface area contributed by atoms with E-state index in [1.807, 2.05) is 18.2 Å². The predicted octanol–water partition coefficient (Wildman–Crippen LogP) is 0.553. The molecule has 2 aromatic rings. The summed E-state index contributed by atoms with van der Waals surface area (Å²) in [5.74, 6) is 1.20. The van der Waals surface area contributed by atoms with Crippen LogP contribution >= 0.6 is 0 Å². The number of para-hydroxylation sites is 1. The molecule has 0 radical (unpaired) electrons. The van der Waals surface area contributed by atoms with Crippen LogP contribution < -0.4 is 16.2 Å². The van der Waals surface area contributed by atoms with E-state index in [0.29, 0.717) is 50.2 Å². The zero-order valence-electron chi connectivity index (χ0n) is 13.8. The number of nitrogen functional groups attached to an aromatic ring is 2. The summed E-state index contributed by atoms with van der Waals surface area (Å²) in [7, 11) is 0. The lowest BCUT2D eigenvalue weighted by Gasteiger charge is -2.31. The fourth-order valence-electron chi connectivity index (χ4n) is 3.48. The number of anilines is 2. The first-order chi connectivity index (χ1) is 12.0. The van der Waals surface area contributed by atoms with Gasteiger partial charge in [-0.3, -0.25) is 4.90 Å². The van der Waals surface area contributed by atoms with Gasteiger partial charge >= 0.3 is 0 Å². The number of rotatable bonds is 2. The molecule has 0 aliphatic carbocycles. The van der Waals surface area contributed by atoms with Crippen LogP contribution in [0.25, 0.3) is 0 Å². The highest BCUT2D eigenvalue weighted by Gasteiger charge is 2.44. The van der Waals surface area contributed by atoms with Gasteiger partial charge in [0.05, 0.1) is 18.8 Å². The predicted molar refractivity (Wildman–Crippen MR) is 92.1 cm³/mol. The van der Waals surface area contributed by atoms with Gasteiger partial charge in [0.1, 0.15) is 11.6 Å². The number of aromatic nitrogens is 2. The van der Waals surface area contributed by atoms with Crippen molar-refractivity contribution in [2.24, 2.45) is 0 Å². The van der Waals surface area contributed by atoms with Crippen LogP contribution in [-0.2, 0) is 17.7 Å². The number of hydrogen-bond donors (Lipinski definition) is 3. The number of ether oxygens (including phenoxy) is 2. The highest BCUT2D eigenvalue weighted by molar-refractivity contribution is 5.52. The fourth-order valence-corrected chi connectivity index (χ4v) is 3.48. The van der Waals surface area contributed by atoms with Gasteiger partial charge in [-0.15, -0.1) is 0 Å². The molecule has 3 heterocycles. The highest BCUT2D eigenvalue weighted by atomic mass is 16.6. The topological polar surface area (TPSA) is 120 Å². The first kappa shape index (κ1) is 15.9. The summed E-state index contributed by atoms with van der Waals surface area (Å²) in [5, 5.41) is 10.0. The normalized spacial score (nSPS) is 23.2. The van der Waals surface area contributed by atoms with E-state index in [0.717, 1.165) is 17.7 Å². The van der Waals surface area contributed by atoms with Gasteiger partial charge in [-0.2, -0.15) is 9.97 Å². The molecule has 2 aliphatic rings. The third-order valence-electron chi connectivity index (χ3n) is 4.64. The van der Waals surface area contributed by atoms with E-state index in [2.05, 4.69) is 14.9 Å². The van der Waals surface area contributed by atoms with Crippen molar-refractivity contribution in [2.75, 3.05) is 37.8 Å². The van der Waals surface area contributed by atoms with E-state index >= 15 is 0 Å². The van der Waals surface area contributed by atoms with E-state index in [4.69, 9.17) is 20.9 Å². The summed E-state index contributed by atoms with van der Waals surface area (Å²) >= 11 is 0. The minimum absolute atomic E-state index is 0.105. The Kier molecular flexibility index (Phi) is 3.85. The smallest absolute Gasteiger partial charge is 0.225 e. The van der Waals surface area contributed by atoms with Crippen molar-refractivity contribution in [1.82, 2.24) is 14.9 Å². The molecule has 5 N–H and O–H groups in total. The molecule has 1 fully saturated rings. The Morgan fingerprint density at radius 3 is 2.92 bits per heavy atom. The lowest BCUT2D eigenvalue weighted by Crippen LogP contribution is -2.48. The molecule has 1 aromatic carbocycles. The number of nitrogens with two attached hydrogens (primary N) is 2. The van der Waals surface area contributed by atoms with E-state index in [-0.39, 0.29) is 5.95 Å². The SMILES string of the molecule is Nc1nc(N)c2c(n1)OC1(COCCN(Cc3ccccc3O)C1)C2. The lowest BCUT2D eigenvalue weighted by molar-refractivity contribution is -0.00268. The zero-order valence-corrected chi connectivity index (χ0v) is 13.8. The van der Waals surface area contributed by atoms with E-state index in [9.17, 15) is 5.11 Å². The number of phenolic OH excluding ortho intramolecular Hbond substituents is 1. The summed E-state index contributed by atoms with van der Waals surface area (Å²) in [6.07, 6.45) is 0.575. The number of aromatic hydroxyl groups is 1. The Bertz CT molecular complexity index is 800. The number of hydrogen-bond acceptors (Lipinski definition) is 8. The van der Waals surface area contributed by atoms with Gasteiger partial charge in [-0.25, -0.2) is 0 Å². The summed E-state index contributed by atoms with van der Waals surface area (Å²) in [4.78, 5) is 10.4. The second kappa shape index (κ2) is 6.05. The second-order valence-electron chi connectivity index (χ2n) is 6.60. The number of fused-ring (bicyclic) bond motifs is 1. The maximum Gasteiger partial charge on any atom is 0.225 e. The highest BCUT2D eigenvalue weighted by Crippen LogP contribution is 2.38. The molecule has 4 rings (SSSR count). The van der Waals surface area contributed by atoms with Crippen LogP contribution in [0.1, 0.15) is 11.1 Å². The van der Waals surface area contributed by atoms with Gasteiger partial charge in [0.2, 0.25) is 11.8 Å². The second-order valence-corrected chi connectivity index (χ2v) is 6.60. The van der Waals surface area contributed by atoms with Gasteiger partial charge in [-0.05, 0) is 6.07 Å². The van der Waals surface area contributed by atoms with Crippen molar-refractivity contribution in [1.29, 1.82) is 0 Å². The third kappa shape index (κ3) is 3.06. The lowest BCUT2D eigenvalue weighted by atomic mass is 9.97. The van der Waals surface area contributed by atoms with Crippen LogP contribution in [0.15, 0.2) is 24.3 Å². The average Bonchev–Trinajstić information content (AvgIpc) is 2.80. The molecule has 8 nitrogen and oxygen atoms in total. The van der Waals surface area contributed by atoms with Gasteiger partial charge in [-0.1, -0.05) is 18.2 Å². The van der Waals surface area contributed by atoms with Gasteiger partial charge < -0.3 is 26.0 Å². The largest absolute Gasteiger partial charge is 0.508 e. The molecule has 8 heteroatoms. The van der Waals surface area contributed by atoms with Crippen molar-refractivity contribution in [3.05, 3.63) is 35.4 Å². The minimum atomic E-state index is -0.570. The Labute approximate surface area is 145 Å². The van der Waals surface area contributed by atoms with Crippen molar-refractivity contribution in [2.45, 2.75) is 18.6 Å². The maximum absolute atomic E-state index is 10.0. The van der Waals surface area contributed by atoms with Gasteiger partial charge in [0.15, 0.2) is 5.60 Å². The monoisotopic (exact) mass is 343 g/mol. The third-order valence-corrected chi connectivity index (χ3v) is 4.64. The van der Waals surface area contributed by atoms with Crippen LogP contribution in [0.5, 0.6) is 11.6 Å². The van der Waals surface area contributed by atoms with Gasteiger partial charge in [0, 0.05) is 31.6 Å². The molecule has 1 aromatic heterocycles. The quantitative estimate of drug-likeness (QED) is 0.723. The van der Waals surface area contributed by atoms with Crippen LogP contribution in [0.3, 0.4) is 0 Å². The van der Waals surface area contributed by atoms with E-state index in [1.165, 1.54) is 0 Å². The average molecular weight is 343 g/mol. The molecule has 2 aliphatic heterocycles. The van der Waals surface area contributed by atoms with Crippen molar-refractivity contribution < 1.29 is 14.6 Å². The van der Waals surface area contributed by atoms with Crippen LogP contribution in [-0.4, -0.2) is 51.9 Å². The molecule has 0 bridgehead atoms. The molecule has 1 spiro atoms. The van der Waals surface area contributed by atoms with Crippen molar-refractivity contribution in [3.8, 4) is 11.6 Å². The number of nitrogens with zero attached hydrogens (tertiary/aromatic N) is 3. The Morgan fingerprint density at radius 2 is 2.08 bits per heavy atom. The Morgan fingerprint density at radius 1 is 1.24 bits per heavy atom. The van der Waals surface area contributed by atoms with E-state index < -0.39 is 5.60 Å². The number of phenols is 1. The van der Waals surface area contributed by atoms with Crippen LogP contribution in [0, 0.1) is 0 Å². The summed E-state index contributed by atoms with van der Waals surface area (Å²) in [6.45, 7) is 3.04.